The molecule has 0 rings (SSSR count). The number of carboxylic acids is 1. The fraction of sp³-hybridized carbons (Fsp3) is 0.600. The van der Waals surface area contributed by atoms with Gasteiger partial charge in [0, 0.05) is 11.3 Å². The van der Waals surface area contributed by atoms with E-state index in [-0.39, 0.29) is 12.8 Å². The lowest BCUT2D eigenvalue weighted by molar-refractivity contribution is -0.146. The molecule has 0 aliphatic heterocycles. The summed E-state index contributed by atoms with van der Waals surface area (Å²) in [7, 11) is 0. The van der Waals surface area contributed by atoms with Crippen molar-refractivity contribution in [3.05, 3.63) is 10.4 Å². The molecule has 0 aromatic rings. The van der Waals surface area contributed by atoms with Crippen molar-refractivity contribution in [3.8, 4) is 0 Å². The molecule has 0 aromatic heterocycles. The number of nitrogens with two attached hydrogens (primary N) is 1. The van der Waals surface area contributed by atoms with Crippen molar-refractivity contribution in [1.29, 1.82) is 0 Å². The van der Waals surface area contributed by atoms with Crippen LogP contribution in [0.5, 0.6) is 0 Å². The Morgan fingerprint density at radius 2 is 2.31 bits per heavy atom. The number of azide groups is 1. The van der Waals surface area contributed by atoms with Crippen molar-refractivity contribution in [2.75, 3.05) is 0 Å². The van der Waals surface area contributed by atoms with Crippen molar-refractivity contribution in [3.63, 3.8) is 0 Å². The van der Waals surface area contributed by atoms with E-state index in [1.165, 1.54) is 0 Å². The van der Waals surface area contributed by atoms with Gasteiger partial charge in [0.2, 0.25) is 0 Å². The predicted octanol–water partition coefficient (Wildman–Crippen LogP) is -0.0530. The van der Waals surface area contributed by atoms with Gasteiger partial charge >= 0.3 is 11.9 Å². The van der Waals surface area contributed by atoms with E-state index in [0.29, 0.717) is 0 Å². The normalized spacial score (nSPS) is 11.2. The maximum absolute atomic E-state index is 10.7. The van der Waals surface area contributed by atoms with Gasteiger partial charge in [-0.2, -0.15) is 0 Å². The van der Waals surface area contributed by atoms with Gasteiger partial charge in [0.25, 0.3) is 0 Å². The first-order chi connectivity index (χ1) is 6.07. The van der Waals surface area contributed by atoms with E-state index < -0.39 is 18.0 Å². The molecule has 0 aliphatic rings. The molecule has 8 nitrogen and oxygen atoms in total. The van der Waals surface area contributed by atoms with E-state index in [9.17, 15) is 9.59 Å². The molecule has 0 saturated heterocycles. The first-order valence-corrected chi connectivity index (χ1v) is 3.30. The zero-order valence-corrected chi connectivity index (χ0v) is 6.58. The smallest absolute Gasteiger partial charge is 0.334 e. The second kappa shape index (κ2) is 5.81. The Hall–Kier alpha value is -1.79. The fourth-order valence-corrected chi connectivity index (χ4v) is 0.523. The summed E-state index contributed by atoms with van der Waals surface area (Å²) in [5.41, 5.74) is 12.9. The number of carboxylic acid groups (broad SMARTS) is 1. The molecule has 8 heteroatoms. The van der Waals surface area contributed by atoms with Crippen molar-refractivity contribution < 1.29 is 19.5 Å². The van der Waals surface area contributed by atoms with E-state index in [1.54, 1.807) is 0 Å². The van der Waals surface area contributed by atoms with Gasteiger partial charge in [0.15, 0.2) is 0 Å². The zero-order valence-electron chi connectivity index (χ0n) is 6.58. The van der Waals surface area contributed by atoms with Crippen LogP contribution >= 0.6 is 0 Å². The number of aliphatic carboxylic acids is 1. The number of rotatable bonds is 5. The number of carbonyl (C=O) groups is 2. The maximum atomic E-state index is 10.7. The van der Waals surface area contributed by atoms with Crippen LogP contribution in [0.2, 0.25) is 0 Å². The van der Waals surface area contributed by atoms with Gasteiger partial charge in [-0.25, -0.2) is 4.79 Å². The van der Waals surface area contributed by atoms with Crippen LogP contribution in [0, 0.1) is 0 Å². The Labute approximate surface area is 72.9 Å². The topological polar surface area (TPSA) is 138 Å². The van der Waals surface area contributed by atoms with Gasteiger partial charge in [0.1, 0.15) is 11.3 Å². The largest absolute Gasteiger partial charge is 0.481 e. The molecule has 3 N–H and O–H groups in total. The molecule has 0 radical (unpaired) electrons. The summed E-state index contributed by atoms with van der Waals surface area (Å²) in [6.45, 7) is 0. The quantitative estimate of drug-likeness (QED) is 0.269. The minimum atomic E-state index is -1.08. The Bertz CT molecular complexity index is 247. The third kappa shape index (κ3) is 5.48. The highest BCUT2D eigenvalue weighted by Gasteiger charge is 2.15. The molecule has 0 amide bonds. The number of hydrogen-bond donors (Lipinski definition) is 2. The molecule has 0 fully saturated rings. The highest BCUT2D eigenvalue weighted by atomic mass is 16.7. The zero-order chi connectivity index (χ0) is 10.3. The molecule has 1 atom stereocenters. The van der Waals surface area contributed by atoms with Crippen LogP contribution in [-0.2, 0) is 14.4 Å². The molecular weight excluding hydrogens is 180 g/mol. The van der Waals surface area contributed by atoms with Crippen LogP contribution in [0.15, 0.2) is 5.28 Å². The number of hydrogen-bond acceptors (Lipinski definition) is 5. The number of nitrogens with zero attached hydrogens (tertiary/aromatic N) is 3. The molecule has 0 saturated carbocycles. The minimum Gasteiger partial charge on any atom is -0.481 e. The summed E-state index contributed by atoms with van der Waals surface area (Å²) >= 11 is 0. The van der Waals surface area contributed by atoms with Crippen LogP contribution in [0.1, 0.15) is 12.8 Å². The lowest BCUT2D eigenvalue weighted by atomic mass is 10.2. The molecule has 1 unspecified atom stereocenters. The van der Waals surface area contributed by atoms with Gasteiger partial charge < -0.3 is 15.7 Å². The summed E-state index contributed by atoms with van der Waals surface area (Å²) in [4.78, 5) is 26.9. The summed E-state index contributed by atoms with van der Waals surface area (Å²) in [5, 5.41) is 10.8. The monoisotopic (exact) mass is 188 g/mol. The van der Waals surface area contributed by atoms with Crippen LogP contribution in [-0.4, -0.2) is 23.1 Å². The van der Waals surface area contributed by atoms with Gasteiger partial charge in [-0.05, 0) is 12.0 Å². The summed E-state index contributed by atoms with van der Waals surface area (Å²) in [6, 6.07) is -1.08. The Kier molecular flexibility index (Phi) is 5.01. The first-order valence-electron chi connectivity index (χ1n) is 3.30. The molecule has 72 valence electrons. The second-order valence-corrected chi connectivity index (χ2v) is 2.12. The highest BCUT2D eigenvalue weighted by Crippen LogP contribution is 1.97. The summed E-state index contributed by atoms with van der Waals surface area (Å²) in [5.74, 6) is -2.01. The Balaban J connectivity index is 3.81. The van der Waals surface area contributed by atoms with Crippen LogP contribution in [0.3, 0.4) is 0 Å². The van der Waals surface area contributed by atoms with E-state index in [2.05, 4.69) is 15.0 Å². The molecule has 0 spiro atoms. The van der Waals surface area contributed by atoms with E-state index >= 15 is 0 Å². The number of carbonyl (C=O) groups excluding carboxylic acids is 1. The van der Waals surface area contributed by atoms with Crippen LogP contribution in [0.25, 0.3) is 10.4 Å². The van der Waals surface area contributed by atoms with Gasteiger partial charge in [-0.1, -0.05) is 0 Å². The third-order valence-corrected chi connectivity index (χ3v) is 1.14. The maximum Gasteiger partial charge on any atom is 0.334 e. The van der Waals surface area contributed by atoms with E-state index in [1.807, 2.05) is 0 Å². The molecule has 0 heterocycles. The van der Waals surface area contributed by atoms with Gasteiger partial charge in [0.05, 0.1) is 0 Å². The van der Waals surface area contributed by atoms with Gasteiger partial charge in [-0.15, -0.1) is 0 Å². The first kappa shape index (κ1) is 11.2. The molecular formula is C5H8N4O4. The van der Waals surface area contributed by atoms with Crippen molar-refractivity contribution in [1.82, 2.24) is 0 Å². The highest BCUT2D eigenvalue weighted by molar-refractivity contribution is 5.76. The average molecular weight is 188 g/mol. The SMILES string of the molecule is [N-]=[N+]=NOC(=O)C(N)CCC(=O)O. The Morgan fingerprint density at radius 1 is 1.69 bits per heavy atom. The molecule has 0 bridgehead atoms. The van der Waals surface area contributed by atoms with Crippen molar-refractivity contribution in [2.24, 2.45) is 11.0 Å². The minimum absolute atomic E-state index is 0.0604. The lowest BCUT2D eigenvalue weighted by Crippen LogP contribution is -2.31. The Morgan fingerprint density at radius 3 is 2.77 bits per heavy atom. The van der Waals surface area contributed by atoms with Crippen molar-refractivity contribution in [2.45, 2.75) is 18.9 Å². The average Bonchev–Trinajstić information content (AvgIpc) is 2.10. The molecule has 13 heavy (non-hydrogen) atoms. The molecule has 0 aromatic carbocycles. The van der Waals surface area contributed by atoms with Gasteiger partial charge in [-0.3, -0.25) is 4.79 Å². The summed E-state index contributed by atoms with van der Waals surface area (Å²) < 4.78 is 0. The van der Waals surface area contributed by atoms with E-state index in [0.717, 1.165) is 0 Å². The van der Waals surface area contributed by atoms with Crippen LogP contribution < -0.4 is 5.73 Å². The summed E-state index contributed by atoms with van der Waals surface area (Å²) in [6.07, 6.45) is -0.304. The predicted molar refractivity (Wildman–Crippen MR) is 40.1 cm³/mol. The van der Waals surface area contributed by atoms with Crippen molar-refractivity contribution >= 4 is 11.9 Å². The van der Waals surface area contributed by atoms with Crippen LogP contribution in [0.4, 0.5) is 0 Å². The standard InChI is InChI=1S/C5H8N4O4/c6-3(1-2-4(10)11)5(12)13-9-8-7/h3H,1-2,6H2,(H,10,11). The van der Waals surface area contributed by atoms with E-state index in [4.69, 9.17) is 16.4 Å². The second-order valence-electron chi connectivity index (χ2n) is 2.12. The third-order valence-electron chi connectivity index (χ3n) is 1.14. The lowest BCUT2D eigenvalue weighted by Gasteiger charge is -2.04. The fourth-order valence-electron chi connectivity index (χ4n) is 0.523. The molecule has 0 aliphatic carbocycles.